The van der Waals surface area contributed by atoms with Crippen LogP contribution >= 0.6 is 0 Å². The average molecular weight is 428 g/mol. The maximum atomic E-state index is 13.3. The molecule has 0 aromatic heterocycles. The molecule has 0 spiro atoms. The van der Waals surface area contributed by atoms with Gasteiger partial charge in [0.15, 0.2) is 0 Å². The molecule has 14 heteroatoms. The number of carbonyl (C=O) groups excluding carboxylic acids is 1. The summed E-state index contributed by atoms with van der Waals surface area (Å²) >= 11 is 0. The summed E-state index contributed by atoms with van der Waals surface area (Å²) in [6.45, 7) is 1.54. The van der Waals surface area contributed by atoms with Crippen LogP contribution in [0.1, 0.15) is 26.2 Å². The Bertz CT molecular complexity index is 606. The summed E-state index contributed by atoms with van der Waals surface area (Å²) in [5, 5.41) is 0. The minimum Gasteiger partial charge on any atom is -0.278 e. The van der Waals surface area contributed by atoms with Crippen LogP contribution in [-0.2, 0) is 4.79 Å². The zero-order valence-corrected chi connectivity index (χ0v) is 12.9. The number of carbonyl (C=O) groups is 1. The van der Waals surface area contributed by atoms with Crippen molar-refractivity contribution in [2.75, 3.05) is 0 Å². The smallest absolute Gasteiger partial charge is 0.278 e. The second kappa shape index (κ2) is 7.38. The van der Waals surface area contributed by atoms with Crippen molar-refractivity contribution < 1.29 is 61.9 Å². The van der Waals surface area contributed by atoms with Crippen LogP contribution in [0, 0.1) is 11.8 Å². The fourth-order valence-corrected chi connectivity index (χ4v) is 1.40. The molecule has 0 saturated heterocycles. The van der Waals surface area contributed by atoms with Crippen molar-refractivity contribution in [2.24, 2.45) is 0 Å². The quantitative estimate of drug-likeness (QED) is 0.227. The van der Waals surface area contributed by atoms with Crippen LogP contribution < -0.4 is 0 Å². The van der Waals surface area contributed by atoms with Crippen molar-refractivity contribution in [1.29, 1.82) is 0 Å². The van der Waals surface area contributed by atoms with Gasteiger partial charge < -0.3 is 0 Å². The first kappa shape index (κ1) is 25.3. The zero-order chi connectivity index (χ0) is 22.1. The fraction of sp³-hybridized carbons (Fsp3) is 0.769. The Balaban J connectivity index is 6.14. The lowest BCUT2D eigenvalue weighted by molar-refractivity contribution is -0.435. The van der Waals surface area contributed by atoms with E-state index in [1.54, 1.807) is 0 Å². The van der Waals surface area contributed by atoms with E-state index in [1.165, 1.54) is 12.8 Å². The molecule has 0 saturated carbocycles. The molecule has 0 aromatic rings. The summed E-state index contributed by atoms with van der Waals surface area (Å²) in [6, 6.07) is 0. The number of Topliss-reactive ketones (excluding diaryl/α,β-unsaturated/α-hetero) is 1. The molecule has 0 rings (SSSR count). The molecule has 0 fully saturated rings. The SMILES string of the molecule is CCCCC#CC(=O)C(F)(F)C(F)(F)C(F)(F)C(F)(F)C(F)(F)C(F)(F)F. The number of ketones is 1. The maximum Gasteiger partial charge on any atom is 0.460 e. The molecule has 0 radical (unpaired) electrons. The molecule has 0 atom stereocenters. The van der Waals surface area contributed by atoms with E-state index < -0.39 is 41.6 Å². The van der Waals surface area contributed by atoms with Crippen LogP contribution in [0.2, 0.25) is 0 Å². The minimum absolute atomic E-state index is 0.133. The first-order chi connectivity index (χ1) is 11.7. The van der Waals surface area contributed by atoms with E-state index in [9.17, 15) is 61.9 Å². The minimum atomic E-state index is -8.03. The Hall–Kier alpha value is -1.68. The number of unbranched alkanes of at least 4 members (excludes halogenated alkanes) is 2. The van der Waals surface area contributed by atoms with E-state index >= 15 is 0 Å². The van der Waals surface area contributed by atoms with Gasteiger partial charge in [-0.3, -0.25) is 4.79 Å². The van der Waals surface area contributed by atoms with Gasteiger partial charge in [-0.05, 0) is 12.3 Å². The first-order valence-corrected chi connectivity index (χ1v) is 6.72. The normalized spacial score (nSPS) is 14.6. The highest BCUT2D eigenvalue weighted by Crippen LogP contribution is 2.60. The van der Waals surface area contributed by atoms with Crippen molar-refractivity contribution in [2.45, 2.75) is 62.0 Å². The van der Waals surface area contributed by atoms with Gasteiger partial charge in [-0.15, -0.1) is 0 Å². The van der Waals surface area contributed by atoms with Gasteiger partial charge >= 0.3 is 35.8 Å². The van der Waals surface area contributed by atoms with E-state index in [2.05, 4.69) is 0 Å². The summed E-state index contributed by atoms with van der Waals surface area (Å²) in [4.78, 5) is 10.9. The summed E-state index contributed by atoms with van der Waals surface area (Å²) in [7, 11) is 0. The average Bonchev–Trinajstić information content (AvgIpc) is 2.49. The largest absolute Gasteiger partial charge is 0.460 e. The van der Waals surface area contributed by atoms with Crippen LogP contribution in [0.25, 0.3) is 0 Å². The summed E-state index contributed by atoms with van der Waals surface area (Å²) in [5.41, 5.74) is 0. The lowest BCUT2D eigenvalue weighted by Gasteiger charge is -2.38. The summed E-state index contributed by atoms with van der Waals surface area (Å²) in [5.74, 6) is -39.3. The van der Waals surface area contributed by atoms with E-state index in [0.717, 1.165) is 5.92 Å². The molecule has 27 heavy (non-hydrogen) atoms. The van der Waals surface area contributed by atoms with Gasteiger partial charge in [-0.1, -0.05) is 19.3 Å². The van der Waals surface area contributed by atoms with E-state index in [-0.39, 0.29) is 12.8 Å². The van der Waals surface area contributed by atoms with Gasteiger partial charge in [0, 0.05) is 6.42 Å². The molecule has 0 unspecified atom stereocenters. The predicted molar refractivity (Wildman–Crippen MR) is 63.1 cm³/mol. The number of rotatable bonds is 7. The highest BCUT2D eigenvalue weighted by molar-refractivity contribution is 6.01. The van der Waals surface area contributed by atoms with Gasteiger partial charge in [0.1, 0.15) is 0 Å². The van der Waals surface area contributed by atoms with Crippen molar-refractivity contribution in [3.05, 3.63) is 0 Å². The van der Waals surface area contributed by atoms with Crippen molar-refractivity contribution in [3.63, 3.8) is 0 Å². The molecule has 0 amide bonds. The van der Waals surface area contributed by atoms with Gasteiger partial charge in [-0.2, -0.15) is 57.1 Å². The molecule has 0 aliphatic carbocycles. The summed E-state index contributed by atoms with van der Waals surface area (Å²) in [6.07, 6.45) is -7.36. The third-order valence-electron chi connectivity index (χ3n) is 3.08. The lowest BCUT2D eigenvalue weighted by atomic mass is 9.92. The lowest BCUT2D eigenvalue weighted by Crippen LogP contribution is -2.71. The monoisotopic (exact) mass is 428 g/mol. The number of hydrogen-bond acceptors (Lipinski definition) is 1. The third-order valence-corrected chi connectivity index (χ3v) is 3.08. The molecule has 0 bridgehead atoms. The molecule has 0 heterocycles. The van der Waals surface area contributed by atoms with E-state index in [1.807, 2.05) is 0 Å². The van der Waals surface area contributed by atoms with Crippen molar-refractivity contribution >= 4 is 5.78 Å². The Kier molecular flexibility index (Phi) is 6.93. The second-order valence-corrected chi connectivity index (χ2v) is 5.10. The topological polar surface area (TPSA) is 17.1 Å². The molecule has 158 valence electrons. The zero-order valence-electron chi connectivity index (χ0n) is 12.9. The number of hydrogen-bond donors (Lipinski definition) is 0. The van der Waals surface area contributed by atoms with Gasteiger partial charge in [0.05, 0.1) is 0 Å². The van der Waals surface area contributed by atoms with Crippen molar-refractivity contribution in [1.82, 2.24) is 0 Å². The molecular formula is C13H9F13O. The van der Waals surface area contributed by atoms with Crippen LogP contribution in [0.15, 0.2) is 0 Å². The Morgan fingerprint density at radius 2 is 1.11 bits per heavy atom. The standard InChI is InChI=1S/C13H9F13O/c1-2-3-4-5-6-7(27)8(14,15)9(16,17)10(18,19)11(20,21)12(22,23)13(24,25)26/h2-4H2,1H3. The molecule has 0 aliphatic rings. The highest BCUT2D eigenvalue weighted by atomic mass is 19.4. The first-order valence-electron chi connectivity index (χ1n) is 6.72. The van der Waals surface area contributed by atoms with Gasteiger partial charge in [0.2, 0.25) is 0 Å². The van der Waals surface area contributed by atoms with E-state index in [0.29, 0.717) is 6.42 Å². The molecule has 0 aromatic carbocycles. The van der Waals surface area contributed by atoms with Gasteiger partial charge in [-0.25, -0.2) is 0 Å². The predicted octanol–water partition coefficient (Wildman–Crippen LogP) is 5.49. The third kappa shape index (κ3) is 3.96. The Morgan fingerprint density at radius 3 is 1.48 bits per heavy atom. The maximum absolute atomic E-state index is 13.3. The van der Waals surface area contributed by atoms with Crippen molar-refractivity contribution in [3.8, 4) is 11.8 Å². The second-order valence-electron chi connectivity index (χ2n) is 5.10. The van der Waals surface area contributed by atoms with Crippen LogP contribution in [0.4, 0.5) is 57.1 Å². The Labute approximate surface area is 142 Å². The van der Waals surface area contributed by atoms with Gasteiger partial charge in [0.25, 0.3) is 5.78 Å². The highest BCUT2D eigenvalue weighted by Gasteiger charge is 2.91. The molecule has 0 N–H and O–H groups in total. The number of alkyl halides is 13. The van der Waals surface area contributed by atoms with Crippen LogP contribution in [0.5, 0.6) is 0 Å². The Morgan fingerprint density at radius 1 is 0.704 bits per heavy atom. The number of halogens is 13. The van der Waals surface area contributed by atoms with Crippen LogP contribution in [0.3, 0.4) is 0 Å². The summed E-state index contributed by atoms with van der Waals surface area (Å²) < 4.78 is 166. The molecule has 1 nitrogen and oxygen atoms in total. The molecule has 0 aliphatic heterocycles. The fourth-order valence-electron chi connectivity index (χ4n) is 1.40. The van der Waals surface area contributed by atoms with Crippen LogP contribution in [-0.4, -0.2) is 41.6 Å². The molecular weight excluding hydrogens is 419 g/mol. The van der Waals surface area contributed by atoms with E-state index in [4.69, 9.17) is 0 Å².